The van der Waals surface area contributed by atoms with Gasteiger partial charge in [-0.15, -0.1) is 11.8 Å². The van der Waals surface area contributed by atoms with Gasteiger partial charge in [0.1, 0.15) is 17.7 Å². The highest BCUT2D eigenvalue weighted by molar-refractivity contribution is 7.99. The van der Waals surface area contributed by atoms with E-state index in [9.17, 15) is 4.79 Å². The molecule has 2 aromatic rings. The zero-order chi connectivity index (χ0) is 18.6. The zero-order valence-electron chi connectivity index (χ0n) is 15.8. The molecule has 1 atom stereocenters. The average Bonchev–Trinajstić information content (AvgIpc) is 3.10. The van der Waals surface area contributed by atoms with Crippen LogP contribution in [0.3, 0.4) is 0 Å². The normalized spacial score (nSPS) is 17.3. The number of hydrogen-bond acceptors (Lipinski definition) is 3. The molecule has 3 rings (SSSR count). The second kappa shape index (κ2) is 8.17. The summed E-state index contributed by atoms with van der Waals surface area (Å²) in [5.41, 5.74) is 2.34. The van der Waals surface area contributed by atoms with E-state index >= 15 is 0 Å². The van der Waals surface area contributed by atoms with Gasteiger partial charge in [0, 0.05) is 18.7 Å². The van der Waals surface area contributed by atoms with Gasteiger partial charge < -0.3 is 9.64 Å². The first-order valence-electron chi connectivity index (χ1n) is 9.10. The van der Waals surface area contributed by atoms with Crippen LogP contribution >= 0.6 is 11.8 Å². The summed E-state index contributed by atoms with van der Waals surface area (Å²) >= 11 is 1.84. The van der Waals surface area contributed by atoms with Crippen molar-refractivity contribution in [2.45, 2.75) is 39.2 Å². The first-order chi connectivity index (χ1) is 12.4. The Labute approximate surface area is 160 Å². The molecule has 1 fully saturated rings. The zero-order valence-corrected chi connectivity index (χ0v) is 16.6. The summed E-state index contributed by atoms with van der Waals surface area (Å²) in [6, 6.07) is 18.3. The Bertz CT molecular complexity index is 722. The van der Waals surface area contributed by atoms with Crippen LogP contribution in [0, 0.1) is 5.41 Å². The maximum atomic E-state index is 12.7. The molecule has 138 valence electrons. The van der Waals surface area contributed by atoms with Crippen molar-refractivity contribution < 1.29 is 9.53 Å². The van der Waals surface area contributed by atoms with Crippen LogP contribution in [-0.2, 0) is 11.4 Å². The SMILES string of the molecule is CC(C)(C)CC(=O)N1CCSC1c1ccc(OCc2ccccc2)cc1. The summed E-state index contributed by atoms with van der Waals surface area (Å²) in [6.45, 7) is 7.73. The number of hydrogen-bond donors (Lipinski definition) is 0. The van der Waals surface area contributed by atoms with E-state index in [1.165, 1.54) is 5.56 Å². The third kappa shape index (κ3) is 5.04. The highest BCUT2D eigenvalue weighted by Gasteiger charge is 2.32. The topological polar surface area (TPSA) is 29.5 Å². The predicted octanol–water partition coefficient (Wildman–Crippen LogP) is 5.28. The lowest BCUT2D eigenvalue weighted by Gasteiger charge is -2.27. The number of amides is 1. The lowest BCUT2D eigenvalue weighted by Crippen LogP contribution is -2.33. The molecular weight excluding hydrogens is 342 g/mol. The Hall–Kier alpha value is -1.94. The number of nitrogens with zero attached hydrogens (tertiary/aromatic N) is 1. The van der Waals surface area contributed by atoms with Crippen molar-refractivity contribution in [3.8, 4) is 5.75 Å². The quantitative estimate of drug-likeness (QED) is 0.718. The maximum absolute atomic E-state index is 12.7. The van der Waals surface area contributed by atoms with Crippen molar-refractivity contribution in [3.05, 3.63) is 65.7 Å². The largest absolute Gasteiger partial charge is 0.489 e. The van der Waals surface area contributed by atoms with Crippen molar-refractivity contribution in [2.24, 2.45) is 5.41 Å². The monoisotopic (exact) mass is 369 g/mol. The van der Waals surface area contributed by atoms with Gasteiger partial charge in [-0.25, -0.2) is 0 Å². The minimum Gasteiger partial charge on any atom is -0.489 e. The fourth-order valence-electron chi connectivity index (χ4n) is 3.03. The van der Waals surface area contributed by atoms with Crippen LogP contribution in [0.4, 0.5) is 0 Å². The molecule has 0 spiro atoms. The lowest BCUT2D eigenvalue weighted by atomic mass is 9.91. The minimum atomic E-state index is 0.0179. The van der Waals surface area contributed by atoms with Crippen molar-refractivity contribution in [3.63, 3.8) is 0 Å². The predicted molar refractivity (Wildman–Crippen MR) is 108 cm³/mol. The maximum Gasteiger partial charge on any atom is 0.224 e. The van der Waals surface area contributed by atoms with Crippen LogP contribution in [0.15, 0.2) is 54.6 Å². The number of benzene rings is 2. The van der Waals surface area contributed by atoms with Gasteiger partial charge in [0.15, 0.2) is 0 Å². The molecule has 1 heterocycles. The molecule has 0 N–H and O–H groups in total. The average molecular weight is 370 g/mol. The van der Waals surface area contributed by atoms with Gasteiger partial charge >= 0.3 is 0 Å². The van der Waals surface area contributed by atoms with Gasteiger partial charge in [0.25, 0.3) is 0 Å². The second-order valence-corrected chi connectivity index (χ2v) is 9.08. The summed E-state index contributed by atoms with van der Waals surface area (Å²) in [4.78, 5) is 14.7. The lowest BCUT2D eigenvalue weighted by molar-refractivity contribution is -0.133. The summed E-state index contributed by atoms with van der Waals surface area (Å²) in [7, 11) is 0. The summed E-state index contributed by atoms with van der Waals surface area (Å²) in [6.07, 6.45) is 0.586. The summed E-state index contributed by atoms with van der Waals surface area (Å²) in [5.74, 6) is 2.09. The number of carbonyl (C=O) groups is 1. The molecule has 1 saturated heterocycles. The fourth-order valence-corrected chi connectivity index (χ4v) is 4.30. The second-order valence-electron chi connectivity index (χ2n) is 7.89. The van der Waals surface area contributed by atoms with E-state index in [0.717, 1.165) is 23.6 Å². The smallest absolute Gasteiger partial charge is 0.224 e. The Kier molecular flexibility index (Phi) is 5.92. The van der Waals surface area contributed by atoms with E-state index in [2.05, 4.69) is 45.0 Å². The van der Waals surface area contributed by atoms with Crippen LogP contribution in [0.2, 0.25) is 0 Å². The molecule has 0 aliphatic carbocycles. The van der Waals surface area contributed by atoms with Gasteiger partial charge in [-0.1, -0.05) is 63.2 Å². The number of carbonyl (C=O) groups excluding carboxylic acids is 1. The van der Waals surface area contributed by atoms with E-state index in [-0.39, 0.29) is 16.7 Å². The molecule has 2 aromatic carbocycles. The van der Waals surface area contributed by atoms with Gasteiger partial charge in [0.2, 0.25) is 5.91 Å². The molecule has 1 amide bonds. The van der Waals surface area contributed by atoms with E-state index in [4.69, 9.17) is 4.74 Å². The highest BCUT2D eigenvalue weighted by Crippen LogP contribution is 2.39. The molecule has 0 bridgehead atoms. The Balaban J connectivity index is 1.63. The van der Waals surface area contributed by atoms with Crippen LogP contribution < -0.4 is 4.74 Å². The van der Waals surface area contributed by atoms with Crippen LogP contribution in [0.1, 0.15) is 43.7 Å². The van der Waals surface area contributed by atoms with Crippen molar-refractivity contribution >= 4 is 17.7 Å². The number of thioether (sulfide) groups is 1. The summed E-state index contributed by atoms with van der Waals surface area (Å²) < 4.78 is 5.86. The first-order valence-corrected chi connectivity index (χ1v) is 10.1. The van der Waals surface area contributed by atoms with Gasteiger partial charge in [-0.2, -0.15) is 0 Å². The standard InChI is InChI=1S/C22H27NO2S/c1-22(2,3)15-20(24)23-13-14-26-21(23)18-9-11-19(12-10-18)25-16-17-7-5-4-6-8-17/h4-12,21H,13-16H2,1-3H3. The third-order valence-corrected chi connectivity index (χ3v) is 5.57. The molecule has 1 aliphatic rings. The third-order valence-electron chi connectivity index (χ3n) is 4.31. The molecule has 1 unspecified atom stereocenters. The fraction of sp³-hybridized carbons (Fsp3) is 0.409. The molecule has 3 nitrogen and oxygen atoms in total. The molecule has 0 saturated carbocycles. The van der Waals surface area contributed by atoms with Gasteiger partial charge in [0.05, 0.1) is 0 Å². The van der Waals surface area contributed by atoms with Crippen LogP contribution in [-0.4, -0.2) is 23.1 Å². The minimum absolute atomic E-state index is 0.0179. The van der Waals surface area contributed by atoms with E-state index in [0.29, 0.717) is 13.0 Å². The molecule has 26 heavy (non-hydrogen) atoms. The Morgan fingerprint density at radius 3 is 2.46 bits per heavy atom. The Morgan fingerprint density at radius 1 is 1.12 bits per heavy atom. The van der Waals surface area contributed by atoms with Gasteiger partial charge in [-0.05, 0) is 28.7 Å². The Morgan fingerprint density at radius 2 is 1.81 bits per heavy atom. The van der Waals surface area contributed by atoms with Gasteiger partial charge in [-0.3, -0.25) is 4.79 Å². The van der Waals surface area contributed by atoms with E-state index in [1.54, 1.807) is 0 Å². The highest BCUT2D eigenvalue weighted by atomic mass is 32.2. The number of ether oxygens (including phenoxy) is 1. The molecule has 4 heteroatoms. The van der Waals surface area contributed by atoms with Crippen LogP contribution in [0.25, 0.3) is 0 Å². The first kappa shape index (κ1) is 18.8. The van der Waals surface area contributed by atoms with Crippen molar-refractivity contribution in [1.29, 1.82) is 0 Å². The number of rotatable bonds is 5. The van der Waals surface area contributed by atoms with E-state index in [1.807, 2.05) is 47.0 Å². The van der Waals surface area contributed by atoms with Crippen LogP contribution in [0.5, 0.6) is 5.75 Å². The van der Waals surface area contributed by atoms with Crippen molar-refractivity contribution in [1.82, 2.24) is 4.90 Å². The molecular formula is C22H27NO2S. The van der Waals surface area contributed by atoms with Crippen molar-refractivity contribution in [2.75, 3.05) is 12.3 Å². The summed E-state index contributed by atoms with van der Waals surface area (Å²) in [5, 5.41) is 0.119. The molecule has 0 aromatic heterocycles. The molecule has 1 aliphatic heterocycles. The molecule has 0 radical (unpaired) electrons. The van der Waals surface area contributed by atoms with E-state index < -0.39 is 0 Å².